The van der Waals surface area contributed by atoms with E-state index in [-0.39, 0.29) is 5.56 Å². The third-order valence-electron chi connectivity index (χ3n) is 4.33. The van der Waals surface area contributed by atoms with E-state index in [4.69, 9.17) is 21.1 Å². The average Bonchev–Trinajstić information content (AvgIpc) is 2.74. The van der Waals surface area contributed by atoms with Crippen LogP contribution in [-0.2, 0) is 6.18 Å². The largest absolute Gasteiger partial charge is 0.493 e. The number of hydrazone groups is 1. The molecule has 5 nitrogen and oxygen atoms in total. The molecule has 0 unspecified atom stereocenters. The van der Waals surface area contributed by atoms with Crippen LogP contribution in [0.1, 0.15) is 54.1 Å². The molecule has 9 heteroatoms. The number of methoxy groups -OCH3 is 1. The molecule has 31 heavy (non-hydrogen) atoms. The van der Waals surface area contributed by atoms with E-state index in [1.54, 1.807) is 12.1 Å². The quantitative estimate of drug-likeness (QED) is 0.267. The molecule has 0 atom stereocenters. The lowest BCUT2D eigenvalue weighted by Gasteiger charge is -2.13. The van der Waals surface area contributed by atoms with Crippen molar-refractivity contribution in [2.24, 2.45) is 5.10 Å². The third-order valence-corrected chi connectivity index (χ3v) is 4.61. The maximum atomic E-state index is 12.8. The number of alkyl halides is 3. The summed E-state index contributed by atoms with van der Waals surface area (Å²) in [7, 11) is 1.48. The van der Waals surface area contributed by atoms with Gasteiger partial charge in [-0.25, -0.2) is 5.43 Å². The van der Waals surface area contributed by atoms with Gasteiger partial charge in [-0.3, -0.25) is 4.79 Å². The zero-order chi connectivity index (χ0) is 22.9. The van der Waals surface area contributed by atoms with Crippen molar-refractivity contribution in [1.82, 2.24) is 5.43 Å². The van der Waals surface area contributed by atoms with E-state index < -0.39 is 17.6 Å². The van der Waals surface area contributed by atoms with Gasteiger partial charge in [-0.2, -0.15) is 18.3 Å². The van der Waals surface area contributed by atoms with Crippen LogP contribution < -0.4 is 14.9 Å². The Morgan fingerprint density at radius 2 is 1.97 bits per heavy atom. The molecule has 0 saturated heterocycles. The molecule has 0 aromatic heterocycles. The van der Waals surface area contributed by atoms with Gasteiger partial charge in [0.15, 0.2) is 11.5 Å². The fourth-order valence-electron chi connectivity index (χ4n) is 2.72. The molecule has 0 bridgehead atoms. The molecule has 2 rings (SSSR count). The maximum Gasteiger partial charge on any atom is 0.416 e. The summed E-state index contributed by atoms with van der Waals surface area (Å²) in [6.07, 6.45) is 1.00. The fourth-order valence-corrected chi connectivity index (χ4v) is 3.00. The van der Waals surface area contributed by atoms with Gasteiger partial charge in [-0.1, -0.05) is 43.9 Å². The Hall–Kier alpha value is -2.74. The first-order valence-corrected chi connectivity index (χ1v) is 10.1. The lowest BCUT2D eigenvalue weighted by Crippen LogP contribution is -2.18. The molecule has 0 aliphatic heterocycles. The van der Waals surface area contributed by atoms with Gasteiger partial charge in [-0.15, -0.1) is 0 Å². The number of carbonyl (C=O) groups excluding carboxylic acids is 1. The van der Waals surface area contributed by atoms with Gasteiger partial charge >= 0.3 is 6.18 Å². The second-order valence-corrected chi connectivity index (χ2v) is 7.13. The number of carbonyl (C=O) groups is 1. The normalized spacial score (nSPS) is 11.5. The van der Waals surface area contributed by atoms with Crippen LogP contribution in [0.15, 0.2) is 41.5 Å². The number of nitrogens with one attached hydrogen (secondary N) is 1. The molecule has 1 amide bonds. The van der Waals surface area contributed by atoms with E-state index in [9.17, 15) is 18.0 Å². The van der Waals surface area contributed by atoms with Crippen molar-refractivity contribution >= 4 is 23.7 Å². The van der Waals surface area contributed by atoms with Crippen molar-refractivity contribution in [3.8, 4) is 11.5 Å². The molecular weight excluding hydrogens is 433 g/mol. The fraction of sp³-hybridized carbons (Fsp3) is 0.364. The number of rotatable bonds is 10. The van der Waals surface area contributed by atoms with Crippen molar-refractivity contribution in [1.29, 1.82) is 0 Å². The van der Waals surface area contributed by atoms with E-state index in [1.807, 2.05) is 0 Å². The molecule has 0 fully saturated rings. The minimum absolute atomic E-state index is 0.158. The molecule has 0 heterocycles. The average molecular weight is 457 g/mol. The van der Waals surface area contributed by atoms with E-state index in [2.05, 4.69) is 17.5 Å². The smallest absolute Gasteiger partial charge is 0.416 e. The first-order valence-electron chi connectivity index (χ1n) is 9.77. The van der Waals surface area contributed by atoms with E-state index >= 15 is 0 Å². The third kappa shape index (κ3) is 7.47. The molecular formula is C22H24ClF3N2O3. The Kier molecular flexibility index (Phi) is 9.18. The van der Waals surface area contributed by atoms with Crippen LogP contribution in [0.3, 0.4) is 0 Å². The highest BCUT2D eigenvalue weighted by Crippen LogP contribution is 2.36. The van der Waals surface area contributed by atoms with Gasteiger partial charge in [0.1, 0.15) is 0 Å². The lowest BCUT2D eigenvalue weighted by atomic mass is 10.1. The van der Waals surface area contributed by atoms with Gasteiger partial charge in [0.05, 0.1) is 30.5 Å². The zero-order valence-corrected chi connectivity index (χ0v) is 18.0. The first kappa shape index (κ1) is 24.5. The molecule has 1 N–H and O–H groups in total. The van der Waals surface area contributed by atoms with E-state index in [1.165, 1.54) is 19.4 Å². The number of hydrogen-bond acceptors (Lipinski definition) is 4. The standard InChI is InChI=1S/C22H24ClF3N2O3/c1-3-4-5-6-10-31-20-18(23)11-15(12-19(20)30-2)14-27-28-21(29)16-8-7-9-17(13-16)22(24,25)26/h7-9,11-14H,3-6,10H2,1-2H3,(H,28,29). The SMILES string of the molecule is CCCCCCOc1c(Cl)cc(C=NNC(=O)c2cccc(C(F)(F)F)c2)cc1OC. The summed E-state index contributed by atoms with van der Waals surface area (Å²) < 4.78 is 49.4. The summed E-state index contributed by atoms with van der Waals surface area (Å²) >= 11 is 6.29. The molecule has 2 aromatic carbocycles. The van der Waals surface area contributed by atoms with Crippen LogP contribution in [0.4, 0.5) is 13.2 Å². The minimum atomic E-state index is -4.54. The molecule has 0 spiro atoms. The van der Waals surface area contributed by atoms with Gasteiger partial charge in [0.25, 0.3) is 5.91 Å². The Bertz CT molecular complexity index is 917. The number of benzene rings is 2. The lowest BCUT2D eigenvalue weighted by molar-refractivity contribution is -0.137. The molecule has 168 valence electrons. The monoisotopic (exact) mass is 456 g/mol. The van der Waals surface area contributed by atoms with Crippen LogP contribution in [0.2, 0.25) is 5.02 Å². The Labute approximate surface area is 184 Å². The molecule has 2 aromatic rings. The Morgan fingerprint density at radius 3 is 2.65 bits per heavy atom. The second kappa shape index (κ2) is 11.6. The summed E-state index contributed by atoms with van der Waals surface area (Å²) in [6, 6.07) is 7.30. The maximum absolute atomic E-state index is 12.8. The summed E-state index contributed by atoms with van der Waals surface area (Å²) in [5, 5.41) is 4.11. The van der Waals surface area contributed by atoms with E-state index in [0.717, 1.165) is 43.9 Å². The number of amides is 1. The summed E-state index contributed by atoms with van der Waals surface area (Å²) in [4.78, 5) is 12.1. The zero-order valence-electron chi connectivity index (χ0n) is 17.3. The predicted octanol–water partition coefficient (Wildman–Crippen LogP) is 6.09. The number of halogens is 4. The summed E-state index contributed by atoms with van der Waals surface area (Å²) in [5.41, 5.74) is 1.65. The topological polar surface area (TPSA) is 59.9 Å². The van der Waals surface area contributed by atoms with Crippen molar-refractivity contribution < 1.29 is 27.4 Å². The van der Waals surface area contributed by atoms with Crippen molar-refractivity contribution in [2.75, 3.05) is 13.7 Å². The van der Waals surface area contributed by atoms with Crippen molar-refractivity contribution in [3.05, 3.63) is 58.1 Å². The number of nitrogens with zero attached hydrogens (tertiary/aromatic N) is 1. The molecule has 0 radical (unpaired) electrons. The number of unbranched alkanes of at least 4 members (excludes halogenated alkanes) is 3. The van der Waals surface area contributed by atoms with Crippen molar-refractivity contribution in [3.63, 3.8) is 0 Å². The Morgan fingerprint density at radius 1 is 1.19 bits per heavy atom. The highest BCUT2D eigenvalue weighted by molar-refractivity contribution is 6.32. The predicted molar refractivity (Wildman–Crippen MR) is 114 cm³/mol. The molecule has 0 aliphatic rings. The molecule has 0 aliphatic carbocycles. The minimum Gasteiger partial charge on any atom is -0.493 e. The van der Waals surface area contributed by atoms with Crippen LogP contribution in [0.5, 0.6) is 11.5 Å². The summed E-state index contributed by atoms with van der Waals surface area (Å²) in [6.45, 7) is 2.64. The Balaban J connectivity index is 2.04. The molecule has 0 saturated carbocycles. The van der Waals surface area contributed by atoms with Crippen molar-refractivity contribution in [2.45, 2.75) is 38.8 Å². The number of hydrogen-bond donors (Lipinski definition) is 1. The van der Waals surface area contributed by atoms with Gasteiger partial charge in [-0.05, 0) is 42.3 Å². The van der Waals surface area contributed by atoms with E-state index in [0.29, 0.717) is 28.7 Å². The van der Waals surface area contributed by atoms with Gasteiger partial charge < -0.3 is 9.47 Å². The number of ether oxygens (including phenoxy) is 2. The van der Waals surface area contributed by atoms with Crippen LogP contribution in [0, 0.1) is 0 Å². The first-order chi connectivity index (χ1) is 14.8. The van der Waals surface area contributed by atoms with Crippen LogP contribution >= 0.6 is 11.6 Å². The highest BCUT2D eigenvalue weighted by Gasteiger charge is 2.30. The summed E-state index contributed by atoms with van der Waals surface area (Å²) in [5.74, 6) is 0.0620. The van der Waals surface area contributed by atoms with Gasteiger partial charge in [0, 0.05) is 5.56 Å². The van der Waals surface area contributed by atoms with Crippen LogP contribution in [0.25, 0.3) is 0 Å². The second-order valence-electron chi connectivity index (χ2n) is 6.72. The van der Waals surface area contributed by atoms with Gasteiger partial charge in [0.2, 0.25) is 0 Å². The highest BCUT2D eigenvalue weighted by atomic mass is 35.5. The van der Waals surface area contributed by atoms with Crippen LogP contribution in [-0.4, -0.2) is 25.8 Å².